The number of fused-ring (bicyclic) bond motifs is 11. The van der Waals surface area contributed by atoms with Gasteiger partial charge in [0.25, 0.3) is 6.71 Å². The van der Waals surface area contributed by atoms with Crippen molar-refractivity contribution in [3.63, 3.8) is 0 Å². The minimum atomic E-state index is -0.0419. The number of nitrogens with zero attached hydrogens (tertiary/aromatic N) is 3. The second-order valence-electron chi connectivity index (χ2n) is 31.2. The summed E-state index contributed by atoms with van der Waals surface area (Å²) in [7, 11) is 0. The first-order chi connectivity index (χ1) is 39.5. The minimum absolute atomic E-state index is 0.00559. The molecule has 0 saturated heterocycles. The van der Waals surface area contributed by atoms with Crippen LogP contribution < -0.4 is 30.4 Å². The summed E-state index contributed by atoms with van der Waals surface area (Å²) in [5, 5.41) is 3.92. The molecule has 0 atom stereocenters. The molecular weight excluding hydrogens is 1050 g/mol. The predicted molar refractivity (Wildman–Crippen MR) is 370 cm³/mol. The van der Waals surface area contributed by atoms with E-state index >= 15 is 0 Å². The van der Waals surface area contributed by atoms with E-state index in [2.05, 4.69) is 284 Å². The largest absolute Gasteiger partial charge is 0.311 e. The van der Waals surface area contributed by atoms with Crippen molar-refractivity contribution in [2.45, 2.75) is 181 Å². The number of hydrogen-bond donors (Lipinski definition) is 0. The second kappa shape index (κ2) is 18.5. The predicted octanol–water partition coefficient (Wildman–Crippen LogP) is 21.4. The summed E-state index contributed by atoms with van der Waals surface area (Å²) < 4.78 is 5.35. The fraction of sp³-hybridized carbons (Fsp3) is 0.359. The van der Waals surface area contributed by atoms with Gasteiger partial charge in [0, 0.05) is 64.5 Å². The van der Waals surface area contributed by atoms with Gasteiger partial charge in [-0.05, 0) is 192 Å². The SMILES string of the molecule is CC(C)(C)c1ccc(N2c3cc(N(c4ccc(C(C)(C)C)cc4)c4cccc5c4sc4ccccc45)cc4c3B(c3cc5c(cc3N4c3ccc4c(c3)C(C)(C)CCC4(C)C)C(C)(C)CCC5(C)C)c3sc4ccc(C(C)(C)C)cc4c32)cc1. The lowest BCUT2D eigenvalue weighted by Gasteiger charge is -2.48. The van der Waals surface area contributed by atoms with Gasteiger partial charge < -0.3 is 14.7 Å². The summed E-state index contributed by atoms with van der Waals surface area (Å²) in [5.74, 6) is 0. The summed E-state index contributed by atoms with van der Waals surface area (Å²) in [4.78, 5) is 8.07. The van der Waals surface area contributed by atoms with Gasteiger partial charge in [-0.15, -0.1) is 22.7 Å². The zero-order chi connectivity index (χ0) is 59.2. The van der Waals surface area contributed by atoms with Gasteiger partial charge in [-0.1, -0.05) is 190 Å². The summed E-state index contributed by atoms with van der Waals surface area (Å²) in [6.45, 7) is 41.0. The highest BCUT2D eigenvalue weighted by molar-refractivity contribution is 7.33. The molecule has 0 fully saturated rings. The molecule has 0 bridgehead atoms. The van der Waals surface area contributed by atoms with Gasteiger partial charge in [0.1, 0.15) is 0 Å². The van der Waals surface area contributed by atoms with Crippen molar-refractivity contribution >= 4 is 127 Å². The smallest absolute Gasteiger partial charge is 0.264 e. The third-order valence-electron chi connectivity index (χ3n) is 20.4. The van der Waals surface area contributed by atoms with Crippen LogP contribution in [0.3, 0.4) is 0 Å². The molecule has 4 heterocycles. The first-order valence-corrected chi connectivity index (χ1v) is 32.7. The Labute approximate surface area is 509 Å². The van der Waals surface area contributed by atoms with Crippen LogP contribution in [0.1, 0.15) is 182 Å². The van der Waals surface area contributed by atoms with E-state index in [0.29, 0.717) is 0 Å². The molecule has 0 unspecified atom stereocenters. The van der Waals surface area contributed by atoms with Crippen molar-refractivity contribution in [2.75, 3.05) is 14.7 Å². The fourth-order valence-electron chi connectivity index (χ4n) is 14.9. The second-order valence-corrected chi connectivity index (χ2v) is 33.3. The van der Waals surface area contributed by atoms with E-state index in [4.69, 9.17) is 0 Å². The Kier molecular flexibility index (Phi) is 12.2. The first kappa shape index (κ1) is 55.3. The van der Waals surface area contributed by atoms with Crippen molar-refractivity contribution < 1.29 is 0 Å². The number of anilines is 9. The topological polar surface area (TPSA) is 9.72 Å². The number of thiophene rings is 2. The maximum Gasteiger partial charge on any atom is 0.264 e. The van der Waals surface area contributed by atoms with E-state index < -0.39 is 0 Å². The highest BCUT2D eigenvalue weighted by Gasteiger charge is 2.49. The molecule has 3 nitrogen and oxygen atoms in total. The van der Waals surface area contributed by atoms with Crippen LogP contribution in [0.5, 0.6) is 0 Å². The molecule has 0 saturated carbocycles. The molecule has 426 valence electrons. The molecule has 4 aliphatic rings. The molecule has 2 aliphatic carbocycles. The Hall–Kier alpha value is -6.60. The lowest BCUT2D eigenvalue weighted by Crippen LogP contribution is -2.61. The quantitative estimate of drug-likeness (QED) is 0.159. The van der Waals surface area contributed by atoms with E-state index in [1.165, 1.54) is 131 Å². The standard InChI is InChI=1S/C78H84BN3S2/c1-72(2,3)47-25-30-50(31-26-47)80(62-23-20-22-55-54-21-18-19-24-66(54)83-70(55)62)53-43-64-68-65(44-53)82(51-32-27-48(28-33-51)73(4,5)6)69-56-41-49(74(7,8)9)29-36-67(56)84-71(69)79(68)61-45-59-60(78(16,17)40-39-77(59,14)15)46-63(61)81(64)52-34-35-57-58(42-52)76(12,13)38-37-75(57,10)11/h18-36,41-46H,37-40H2,1-17H3. The van der Waals surface area contributed by atoms with Crippen molar-refractivity contribution in [1.29, 1.82) is 0 Å². The minimum Gasteiger partial charge on any atom is -0.311 e. The average molecular weight is 1140 g/mol. The van der Waals surface area contributed by atoms with Crippen LogP contribution in [0.25, 0.3) is 30.3 Å². The summed E-state index contributed by atoms with van der Waals surface area (Å²) in [6, 6.07) is 60.8. The molecule has 0 amide bonds. The van der Waals surface area contributed by atoms with Gasteiger partial charge in [-0.25, -0.2) is 0 Å². The molecule has 8 aromatic carbocycles. The van der Waals surface area contributed by atoms with Gasteiger partial charge in [0.05, 0.1) is 21.8 Å². The Bertz CT molecular complexity index is 4330. The monoisotopic (exact) mass is 1140 g/mol. The molecule has 84 heavy (non-hydrogen) atoms. The molecule has 0 N–H and O–H groups in total. The van der Waals surface area contributed by atoms with E-state index in [-0.39, 0.29) is 44.6 Å². The van der Waals surface area contributed by atoms with Crippen LogP contribution in [0, 0.1) is 0 Å². The number of hydrogen-bond acceptors (Lipinski definition) is 5. The lowest BCUT2D eigenvalue weighted by atomic mass is 9.35. The van der Waals surface area contributed by atoms with Crippen LogP contribution in [0.4, 0.5) is 51.2 Å². The molecule has 2 aromatic heterocycles. The van der Waals surface area contributed by atoms with Crippen molar-refractivity contribution in [3.05, 3.63) is 191 Å². The third-order valence-corrected chi connectivity index (χ3v) is 22.9. The molecular formula is C78H84BN3S2. The summed E-state index contributed by atoms with van der Waals surface area (Å²) in [6.07, 6.45) is 4.63. The Morgan fingerprint density at radius 2 is 0.940 bits per heavy atom. The lowest BCUT2D eigenvalue weighted by molar-refractivity contribution is 0.332. The number of benzene rings is 8. The Balaban J connectivity index is 1.16. The van der Waals surface area contributed by atoms with Crippen molar-refractivity contribution in [1.82, 2.24) is 0 Å². The van der Waals surface area contributed by atoms with Gasteiger partial charge in [0.15, 0.2) is 0 Å². The highest BCUT2D eigenvalue weighted by atomic mass is 32.1. The zero-order valence-electron chi connectivity index (χ0n) is 53.0. The van der Waals surface area contributed by atoms with Crippen LogP contribution in [-0.4, -0.2) is 6.71 Å². The van der Waals surface area contributed by atoms with E-state index in [0.717, 1.165) is 30.6 Å². The molecule has 0 spiro atoms. The van der Waals surface area contributed by atoms with Gasteiger partial charge in [0.2, 0.25) is 0 Å². The third kappa shape index (κ3) is 8.59. The molecule has 2 aliphatic heterocycles. The highest BCUT2D eigenvalue weighted by Crippen LogP contribution is 2.56. The zero-order valence-corrected chi connectivity index (χ0v) is 54.6. The van der Waals surface area contributed by atoms with Crippen LogP contribution in [0.15, 0.2) is 152 Å². The van der Waals surface area contributed by atoms with Crippen LogP contribution in [0.2, 0.25) is 0 Å². The molecule has 0 radical (unpaired) electrons. The van der Waals surface area contributed by atoms with Crippen LogP contribution >= 0.6 is 22.7 Å². The van der Waals surface area contributed by atoms with Crippen molar-refractivity contribution in [3.8, 4) is 0 Å². The normalized spacial score (nSPS) is 17.5. The summed E-state index contributed by atoms with van der Waals surface area (Å²) >= 11 is 3.93. The van der Waals surface area contributed by atoms with Gasteiger partial charge in [-0.3, -0.25) is 0 Å². The van der Waals surface area contributed by atoms with Crippen molar-refractivity contribution in [2.24, 2.45) is 0 Å². The molecule has 6 heteroatoms. The molecule has 14 rings (SSSR count). The van der Waals surface area contributed by atoms with E-state index in [9.17, 15) is 0 Å². The average Bonchev–Trinajstić information content (AvgIpc) is 1.14. The van der Waals surface area contributed by atoms with E-state index in [1.54, 1.807) is 0 Å². The fourth-order valence-corrected chi connectivity index (χ4v) is 17.4. The Morgan fingerprint density at radius 3 is 1.57 bits per heavy atom. The number of rotatable bonds is 5. The summed E-state index contributed by atoms with van der Waals surface area (Å²) in [5.41, 5.74) is 23.8. The maximum atomic E-state index is 2.75. The Morgan fingerprint density at radius 1 is 0.417 bits per heavy atom. The van der Waals surface area contributed by atoms with Gasteiger partial charge >= 0.3 is 0 Å². The molecule has 10 aromatic rings. The maximum absolute atomic E-state index is 2.75. The van der Waals surface area contributed by atoms with Crippen LogP contribution in [-0.2, 0) is 37.9 Å². The van der Waals surface area contributed by atoms with Gasteiger partial charge in [-0.2, -0.15) is 0 Å². The first-order valence-electron chi connectivity index (χ1n) is 31.1. The van der Waals surface area contributed by atoms with E-state index in [1.807, 2.05) is 22.7 Å².